The van der Waals surface area contributed by atoms with Crippen LogP contribution in [-0.2, 0) is 5.41 Å². The molecule has 118 valence electrons. The number of Topliss-reactive ketones (excluding diaryl/α,β-unsaturated/α-hetero) is 1. The molecule has 1 saturated carbocycles. The van der Waals surface area contributed by atoms with E-state index in [1.807, 2.05) is 6.07 Å². The normalized spacial score (nSPS) is 34.6. The average Bonchev–Trinajstić information content (AvgIpc) is 3.28. The number of halogens is 1. The fourth-order valence-corrected chi connectivity index (χ4v) is 5.28. The molecule has 1 saturated heterocycles. The first-order valence-corrected chi connectivity index (χ1v) is 9.03. The molecule has 2 aliphatic carbocycles. The molecule has 1 heterocycles. The van der Waals surface area contributed by atoms with E-state index in [4.69, 9.17) is 0 Å². The first-order valence-electron chi connectivity index (χ1n) is 8.23. The van der Waals surface area contributed by atoms with Crippen molar-refractivity contribution in [1.29, 1.82) is 0 Å². The molecule has 0 amide bonds. The van der Waals surface area contributed by atoms with Crippen molar-refractivity contribution in [3.63, 3.8) is 0 Å². The maximum absolute atomic E-state index is 13.1. The minimum absolute atomic E-state index is 0.00305. The minimum atomic E-state index is -0.0501. The van der Waals surface area contributed by atoms with Gasteiger partial charge in [0.05, 0.1) is 10.5 Å². The molecule has 2 fully saturated rings. The Hall–Kier alpha value is -0.870. The van der Waals surface area contributed by atoms with Crippen molar-refractivity contribution in [3.8, 4) is 5.75 Å². The molecule has 3 atom stereocenters. The van der Waals surface area contributed by atoms with E-state index in [0.717, 1.165) is 36.6 Å². The number of fused-ring (bicyclic) bond motifs is 4. The van der Waals surface area contributed by atoms with E-state index in [9.17, 15) is 9.90 Å². The van der Waals surface area contributed by atoms with Crippen molar-refractivity contribution >= 4 is 21.7 Å². The van der Waals surface area contributed by atoms with Gasteiger partial charge in [-0.05, 0) is 71.3 Å². The van der Waals surface area contributed by atoms with Crippen molar-refractivity contribution in [2.75, 3.05) is 13.1 Å². The Labute approximate surface area is 139 Å². The van der Waals surface area contributed by atoms with Gasteiger partial charge in [0.25, 0.3) is 0 Å². The third-order valence-corrected chi connectivity index (χ3v) is 7.01. The van der Waals surface area contributed by atoms with E-state index in [0.29, 0.717) is 4.47 Å². The Balaban J connectivity index is 1.83. The fourth-order valence-electron chi connectivity index (χ4n) is 4.48. The number of phenols is 1. The van der Waals surface area contributed by atoms with Crippen LogP contribution >= 0.6 is 15.9 Å². The second-order valence-electron chi connectivity index (χ2n) is 7.52. The highest BCUT2D eigenvalue weighted by molar-refractivity contribution is 9.10. The summed E-state index contributed by atoms with van der Waals surface area (Å²) in [5, 5.41) is 10.1. The van der Waals surface area contributed by atoms with Gasteiger partial charge in [0.1, 0.15) is 5.75 Å². The van der Waals surface area contributed by atoms with Crippen molar-refractivity contribution in [2.45, 2.75) is 44.6 Å². The van der Waals surface area contributed by atoms with Gasteiger partial charge in [0, 0.05) is 17.5 Å². The molecule has 1 aromatic rings. The monoisotopic (exact) mass is 363 g/mol. The van der Waals surface area contributed by atoms with E-state index < -0.39 is 0 Å². The summed E-state index contributed by atoms with van der Waals surface area (Å²) in [6.45, 7) is 6.52. The van der Waals surface area contributed by atoms with Gasteiger partial charge in [0.15, 0.2) is 5.78 Å². The molecule has 0 radical (unpaired) electrons. The van der Waals surface area contributed by atoms with Gasteiger partial charge in [-0.15, -0.1) is 0 Å². The average molecular weight is 364 g/mol. The Morgan fingerprint density at radius 3 is 2.82 bits per heavy atom. The molecule has 4 heteroatoms. The summed E-state index contributed by atoms with van der Waals surface area (Å²) in [6, 6.07) is 3.46. The van der Waals surface area contributed by atoms with Crippen molar-refractivity contribution < 1.29 is 9.90 Å². The molecular weight excluding hydrogens is 342 g/mol. The van der Waals surface area contributed by atoms with Crippen molar-refractivity contribution in [2.24, 2.45) is 11.8 Å². The van der Waals surface area contributed by atoms with Crippen molar-refractivity contribution in [3.05, 3.63) is 27.7 Å². The number of rotatable bonds is 2. The summed E-state index contributed by atoms with van der Waals surface area (Å²) in [5.74, 6) is 1.55. The molecule has 3 aliphatic rings. The zero-order chi connectivity index (χ0) is 15.6. The lowest BCUT2D eigenvalue weighted by molar-refractivity contribution is 0.0263. The van der Waals surface area contributed by atoms with Crippen LogP contribution in [0.2, 0.25) is 0 Å². The number of hydrogen-bond acceptors (Lipinski definition) is 3. The molecule has 1 aliphatic heterocycles. The van der Waals surface area contributed by atoms with Crippen LogP contribution < -0.4 is 0 Å². The van der Waals surface area contributed by atoms with Crippen LogP contribution in [0.4, 0.5) is 0 Å². The Kier molecular flexibility index (Phi) is 3.22. The number of carbonyl (C=O) groups excluding carboxylic acids is 1. The zero-order valence-electron chi connectivity index (χ0n) is 13.1. The lowest BCUT2D eigenvalue weighted by Gasteiger charge is -2.54. The number of benzene rings is 1. The van der Waals surface area contributed by atoms with Crippen LogP contribution in [0.1, 0.15) is 49.0 Å². The summed E-state index contributed by atoms with van der Waals surface area (Å²) < 4.78 is 0.710. The van der Waals surface area contributed by atoms with Gasteiger partial charge in [-0.1, -0.05) is 13.8 Å². The second kappa shape index (κ2) is 4.81. The Morgan fingerprint density at radius 2 is 2.14 bits per heavy atom. The molecule has 1 N–H and O–H groups in total. The molecule has 1 aromatic carbocycles. The third-order valence-electron chi connectivity index (χ3n) is 6.21. The Bertz CT molecular complexity index is 655. The number of carbonyl (C=O) groups is 1. The summed E-state index contributed by atoms with van der Waals surface area (Å²) in [6.07, 6.45) is 3.68. The number of piperidine rings is 1. The van der Waals surface area contributed by atoms with Gasteiger partial charge in [-0.3, -0.25) is 9.69 Å². The van der Waals surface area contributed by atoms with Crippen molar-refractivity contribution in [1.82, 2.24) is 4.90 Å². The molecule has 4 rings (SSSR count). The highest BCUT2D eigenvalue weighted by Crippen LogP contribution is 2.52. The summed E-state index contributed by atoms with van der Waals surface area (Å²) in [4.78, 5) is 15.5. The SMILES string of the molecule is C[C@H]1C2C(=O)c3ccc(O)c(Br)c3[C@]1(C)CCN2CC1CC1. The van der Waals surface area contributed by atoms with Gasteiger partial charge in [-0.2, -0.15) is 0 Å². The quantitative estimate of drug-likeness (QED) is 0.870. The minimum Gasteiger partial charge on any atom is -0.507 e. The van der Waals surface area contributed by atoms with Gasteiger partial charge >= 0.3 is 0 Å². The largest absolute Gasteiger partial charge is 0.507 e. The predicted octanol–water partition coefficient (Wildman–Crippen LogP) is 3.73. The summed E-state index contributed by atoms with van der Waals surface area (Å²) in [7, 11) is 0. The predicted molar refractivity (Wildman–Crippen MR) is 89.4 cm³/mol. The maximum Gasteiger partial charge on any atom is 0.180 e. The Morgan fingerprint density at radius 1 is 1.41 bits per heavy atom. The number of likely N-dealkylation sites (tertiary alicyclic amines) is 1. The highest BCUT2D eigenvalue weighted by atomic mass is 79.9. The number of ketones is 1. The number of nitrogens with zero attached hydrogens (tertiary/aromatic N) is 1. The number of hydrogen-bond donors (Lipinski definition) is 1. The van der Waals surface area contributed by atoms with Crippen LogP contribution in [0.25, 0.3) is 0 Å². The van der Waals surface area contributed by atoms with E-state index >= 15 is 0 Å². The van der Waals surface area contributed by atoms with E-state index in [1.54, 1.807) is 6.07 Å². The first-order chi connectivity index (χ1) is 10.4. The van der Waals surface area contributed by atoms with Crippen LogP contribution in [0.3, 0.4) is 0 Å². The van der Waals surface area contributed by atoms with Crippen LogP contribution in [-0.4, -0.2) is 34.9 Å². The maximum atomic E-state index is 13.1. The topological polar surface area (TPSA) is 40.5 Å². The molecule has 0 aromatic heterocycles. The zero-order valence-corrected chi connectivity index (χ0v) is 14.7. The lowest BCUT2D eigenvalue weighted by atomic mass is 9.58. The lowest BCUT2D eigenvalue weighted by Crippen LogP contribution is -2.61. The molecule has 22 heavy (non-hydrogen) atoms. The van der Waals surface area contributed by atoms with Crippen LogP contribution in [0, 0.1) is 11.8 Å². The molecule has 3 nitrogen and oxygen atoms in total. The van der Waals surface area contributed by atoms with E-state index in [1.165, 1.54) is 12.8 Å². The number of aromatic hydroxyl groups is 1. The fraction of sp³-hybridized carbons (Fsp3) is 0.611. The van der Waals surface area contributed by atoms with Crippen LogP contribution in [0.5, 0.6) is 5.75 Å². The molecule has 2 bridgehead atoms. The van der Waals surface area contributed by atoms with Gasteiger partial charge < -0.3 is 5.11 Å². The standard InChI is InChI=1S/C18H22BrNO2/c1-10-16-17(22)12-5-6-13(21)15(19)14(12)18(10,2)7-8-20(16)9-11-3-4-11/h5-6,10-11,16,21H,3-4,7-9H2,1-2H3/t10-,16?,18+/m0/s1. The van der Waals surface area contributed by atoms with Gasteiger partial charge in [-0.25, -0.2) is 0 Å². The highest BCUT2D eigenvalue weighted by Gasteiger charge is 2.53. The molecule has 1 unspecified atom stereocenters. The second-order valence-corrected chi connectivity index (χ2v) is 8.32. The smallest absolute Gasteiger partial charge is 0.180 e. The van der Waals surface area contributed by atoms with E-state index in [2.05, 4.69) is 34.7 Å². The third kappa shape index (κ3) is 1.93. The molecule has 0 spiro atoms. The molecular formula is C18H22BrNO2. The van der Waals surface area contributed by atoms with Crippen LogP contribution in [0.15, 0.2) is 16.6 Å². The van der Waals surface area contributed by atoms with Gasteiger partial charge in [0.2, 0.25) is 0 Å². The summed E-state index contributed by atoms with van der Waals surface area (Å²) >= 11 is 3.53. The number of phenolic OH excluding ortho intramolecular Hbond substituents is 1. The first kappa shape index (κ1) is 14.7. The summed E-state index contributed by atoms with van der Waals surface area (Å²) in [5.41, 5.74) is 1.77. The van der Waals surface area contributed by atoms with E-state index in [-0.39, 0.29) is 28.9 Å².